The molecule has 0 N–H and O–H groups in total. The van der Waals surface area contributed by atoms with Crippen molar-refractivity contribution in [1.29, 1.82) is 0 Å². The first kappa shape index (κ1) is 15.8. The predicted octanol–water partition coefficient (Wildman–Crippen LogP) is 4.04. The first-order valence-electron chi connectivity index (χ1n) is 6.60. The molecule has 1 aromatic carbocycles. The van der Waals surface area contributed by atoms with Crippen molar-refractivity contribution in [3.05, 3.63) is 18.2 Å². The molecule has 1 fully saturated rings. The lowest BCUT2D eigenvalue weighted by atomic mass is 10.2. The number of aromatic nitrogens is 2. The topological polar surface area (TPSA) is 57.4 Å². The van der Waals surface area contributed by atoms with Crippen LogP contribution in [0, 0.1) is 5.92 Å². The van der Waals surface area contributed by atoms with Crippen molar-refractivity contribution < 1.29 is 13.9 Å². The van der Waals surface area contributed by atoms with Crippen molar-refractivity contribution in [1.82, 2.24) is 10.2 Å². The van der Waals surface area contributed by atoms with Gasteiger partial charge in [0.15, 0.2) is 0 Å². The van der Waals surface area contributed by atoms with Crippen molar-refractivity contribution >= 4 is 35.0 Å². The van der Waals surface area contributed by atoms with Crippen LogP contribution in [0.4, 0.5) is 0 Å². The summed E-state index contributed by atoms with van der Waals surface area (Å²) < 4.78 is 15.6. The largest absolute Gasteiger partial charge is 0.497 e. The number of halogens is 2. The molecule has 8 heteroatoms. The van der Waals surface area contributed by atoms with Crippen LogP contribution in [0.15, 0.2) is 27.8 Å². The van der Waals surface area contributed by atoms with Crippen LogP contribution in [0.5, 0.6) is 11.5 Å². The van der Waals surface area contributed by atoms with Gasteiger partial charge in [0, 0.05) is 17.7 Å². The Balaban J connectivity index is 1.73. The maximum Gasteiger partial charge on any atom is 0.276 e. The van der Waals surface area contributed by atoms with Gasteiger partial charge in [-0.2, -0.15) is 0 Å². The van der Waals surface area contributed by atoms with E-state index in [0.717, 1.165) is 17.7 Å². The summed E-state index contributed by atoms with van der Waals surface area (Å²) in [5, 5.41) is 8.58. The number of thioether (sulfide) groups is 1. The van der Waals surface area contributed by atoms with Gasteiger partial charge in [-0.3, -0.25) is 0 Å². The van der Waals surface area contributed by atoms with Crippen LogP contribution >= 0.6 is 35.0 Å². The molecular formula is C14H14Cl2N2O3S. The van der Waals surface area contributed by atoms with Crippen molar-refractivity contribution in [2.75, 3.05) is 20.0 Å². The second kappa shape index (κ2) is 6.18. The lowest BCUT2D eigenvalue weighted by Crippen LogP contribution is -1.92. The molecule has 1 saturated carbocycles. The molecular weight excluding hydrogens is 347 g/mol. The van der Waals surface area contributed by atoms with Crippen LogP contribution in [0.3, 0.4) is 0 Å². The summed E-state index contributed by atoms with van der Waals surface area (Å²) in [6.07, 6.45) is 0.802. The van der Waals surface area contributed by atoms with E-state index >= 15 is 0 Å². The number of ether oxygens (including phenoxy) is 2. The normalized spacial score (nSPS) is 19.0. The molecule has 22 heavy (non-hydrogen) atoms. The first-order valence-corrected chi connectivity index (χ1v) is 8.34. The molecule has 1 aliphatic carbocycles. The molecule has 1 heterocycles. The van der Waals surface area contributed by atoms with E-state index in [9.17, 15) is 0 Å². The fourth-order valence-corrected chi connectivity index (χ4v) is 3.67. The molecule has 0 unspecified atom stereocenters. The van der Waals surface area contributed by atoms with Gasteiger partial charge in [-0.1, -0.05) is 11.8 Å². The average molecular weight is 361 g/mol. The Kier molecular flexibility index (Phi) is 4.43. The van der Waals surface area contributed by atoms with Crippen molar-refractivity contribution in [2.45, 2.75) is 16.0 Å². The van der Waals surface area contributed by atoms with Gasteiger partial charge in [-0.15, -0.1) is 33.4 Å². The molecule has 0 bridgehead atoms. The van der Waals surface area contributed by atoms with Crippen LogP contribution in [-0.4, -0.2) is 34.5 Å². The van der Waals surface area contributed by atoms with Gasteiger partial charge >= 0.3 is 0 Å². The zero-order valence-electron chi connectivity index (χ0n) is 12.0. The highest BCUT2D eigenvalue weighted by molar-refractivity contribution is 7.99. The van der Waals surface area contributed by atoms with E-state index in [1.807, 2.05) is 12.1 Å². The molecule has 118 valence electrons. The molecule has 0 radical (unpaired) electrons. The molecule has 2 aromatic rings. The molecule has 3 rings (SSSR count). The highest BCUT2D eigenvalue weighted by atomic mass is 35.5. The third-order valence-corrected chi connectivity index (χ3v) is 5.32. The van der Waals surface area contributed by atoms with E-state index in [-0.39, 0.29) is 5.92 Å². The molecule has 1 aliphatic rings. The second-order valence-electron chi connectivity index (χ2n) is 4.91. The number of methoxy groups -OCH3 is 2. The number of benzene rings is 1. The standard InChI is InChI=1S/C14H14Cl2N2O3S/c1-19-9-3-4-10(11(5-9)20-2)12-17-18-13(21-12)22-7-8-6-14(8,15)16/h3-5,8H,6-7H2,1-2H3/t8-/m1/s1. The molecule has 1 aromatic heterocycles. The summed E-state index contributed by atoms with van der Waals surface area (Å²) in [4.78, 5) is 0. The van der Waals surface area contributed by atoms with Gasteiger partial charge in [-0.05, 0) is 18.6 Å². The third kappa shape index (κ3) is 3.29. The molecule has 0 saturated heterocycles. The van der Waals surface area contributed by atoms with Crippen molar-refractivity contribution in [3.8, 4) is 23.0 Å². The van der Waals surface area contributed by atoms with Crippen LogP contribution in [-0.2, 0) is 0 Å². The third-order valence-electron chi connectivity index (χ3n) is 3.41. The second-order valence-corrected chi connectivity index (χ2v) is 7.43. The van der Waals surface area contributed by atoms with Crippen LogP contribution < -0.4 is 9.47 Å². The number of alkyl halides is 2. The van der Waals surface area contributed by atoms with Crippen molar-refractivity contribution in [3.63, 3.8) is 0 Å². The monoisotopic (exact) mass is 360 g/mol. The summed E-state index contributed by atoms with van der Waals surface area (Å²) in [5.74, 6) is 2.74. The van der Waals surface area contributed by atoms with Crippen LogP contribution in [0.1, 0.15) is 6.42 Å². The Hall–Kier alpha value is -1.11. The van der Waals surface area contributed by atoms with Gasteiger partial charge in [0.1, 0.15) is 15.8 Å². The van der Waals surface area contributed by atoms with Gasteiger partial charge in [0.25, 0.3) is 11.1 Å². The molecule has 1 atom stereocenters. The van der Waals surface area contributed by atoms with Crippen molar-refractivity contribution in [2.24, 2.45) is 5.92 Å². The van der Waals surface area contributed by atoms with Gasteiger partial charge < -0.3 is 13.9 Å². The minimum atomic E-state index is -0.588. The average Bonchev–Trinajstić information content (AvgIpc) is 2.92. The summed E-state index contributed by atoms with van der Waals surface area (Å²) in [7, 11) is 3.18. The van der Waals surface area contributed by atoms with E-state index in [4.69, 9.17) is 37.1 Å². The SMILES string of the molecule is COc1ccc(-c2nnc(SC[C@H]3CC3(Cl)Cl)o2)c(OC)c1. The number of hydrogen-bond acceptors (Lipinski definition) is 6. The lowest BCUT2D eigenvalue weighted by Gasteiger charge is -2.07. The molecule has 0 aliphatic heterocycles. The van der Waals surface area contributed by atoms with E-state index in [1.165, 1.54) is 11.8 Å². The fraction of sp³-hybridized carbons (Fsp3) is 0.429. The van der Waals surface area contributed by atoms with E-state index in [2.05, 4.69) is 10.2 Å². The lowest BCUT2D eigenvalue weighted by molar-refractivity contribution is 0.393. The number of nitrogens with zero attached hydrogens (tertiary/aromatic N) is 2. The highest BCUT2D eigenvalue weighted by Crippen LogP contribution is 2.54. The van der Waals surface area contributed by atoms with Crippen LogP contribution in [0.25, 0.3) is 11.5 Å². The number of rotatable bonds is 6. The first-order chi connectivity index (χ1) is 10.5. The summed E-state index contributed by atoms with van der Waals surface area (Å²) in [6.45, 7) is 0. The van der Waals surface area contributed by atoms with Gasteiger partial charge in [0.05, 0.1) is 19.8 Å². The van der Waals surface area contributed by atoms with E-state index in [0.29, 0.717) is 22.6 Å². The maximum absolute atomic E-state index is 6.00. The van der Waals surface area contributed by atoms with E-state index in [1.54, 1.807) is 20.3 Å². The molecule has 0 amide bonds. The minimum Gasteiger partial charge on any atom is -0.497 e. The Labute approximate surface area is 142 Å². The zero-order valence-corrected chi connectivity index (χ0v) is 14.3. The Bertz CT molecular complexity index is 678. The smallest absolute Gasteiger partial charge is 0.276 e. The Morgan fingerprint density at radius 2 is 2.09 bits per heavy atom. The minimum absolute atomic E-state index is 0.270. The predicted molar refractivity (Wildman–Crippen MR) is 86.1 cm³/mol. The molecule has 0 spiro atoms. The van der Waals surface area contributed by atoms with Gasteiger partial charge in [0.2, 0.25) is 0 Å². The Morgan fingerprint density at radius 3 is 2.73 bits per heavy atom. The van der Waals surface area contributed by atoms with Crippen LogP contribution in [0.2, 0.25) is 0 Å². The number of hydrogen-bond donors (Lipinski definition) is 0. The van der Waals surface area contributed by atoms with E-state index < -0.39 is 4.33 Å². The highest BCUT2D eigenvalue weighted by Gasteiger charge is 2.51. The summed E-state index contributed by atoms with van der Waals surface area (Å²) >= 11 is 13.5. The van der Waals surface area contributed by atoms with Gasteiger partial charge in [-0.25, -0.2) is 0 Å². The Morgan fingerprint density at radius 1 is 1.32 bits per heavy atom. The summed E-state index contributed by atoms with van der Waals surface area (Å²) in [5.41, 5.74) is 0.720. The molecule has 5 nitrogen and oxygen atoms in total. The maximum atomic E-state index is 6.00. The zero-order chi connectivity index (χ0) is 15.7. The summed E-state index contributed by atoms with van der Waals surface area (Å²) in [6, 6.07) is 5.41. The fourth-order valence-electron chi connectivity index (χ4n) is 1.97. The quantitative estimate of drug-likeness (QED) is 0.572.